The summed E-state index contributed by atoms with van der Waals surface area (Å²) in [6.45, 7) is 10.4. The molecule has 1 aromatic heterocycles. The molecule has 0 spiro atoms. The van der Waals surface area contributed by atoms with E-state index in [2.05, 4.69) is 9.88 Å². The first kappa shape index (κ1) is 19.2. The van der Waals surface area contributed by atoms with Crippen LogP contribution < -0.4 is 0 Å². The number of hydrogen-bond acceptors (Lipinski definition) is 6. The molecule has 0 radical (unpaired) electrons. The van der Waals surface area contributed by atoms with Crippen molar-refractivity contribution in [2.24, 2.45) is 0 Å². The first-order chi connectivity index (χ1) is 12.7. The van der Waals surface area contributed by atoms with Gasteiger partial charge in [0, 0.05) is 50.5 Å². The number of rotatable bonds is 6. The van der Waals surface area contributed by atoms with E-state index < -0.39 is 0 Å². The van der Waals surface area contributed by atoms with E-state index in [-0.39, 0.29) is 5.91 Å². The summed E-state index contributed by atoms with van der Waals surface area (Å²) >= 11 is 0. The minimum Gasteiger partial charge on any atom is -0.379 e. The van der Waals surface area contributed by atoms with Gasteiger partial charge in [0.2, 0.25) is 5.91 Å². The molecule has 2 aliphatic heterocycles. The summed E-state index contributed by atoms with van der Waals surface area (Å²) in [7, 11) is 0. The average Bonchev–Trinajstić information content (AvgIpc) is 2.68. The molecule has 0 aromatic carbocycles. The minimum absolute atomic E-state index is 0.235. The summed E-state index contributed by atoms with van der Waals surface area (Å²) in [5.74, 6) is 1.41. The maximum absolute atomic E-state index is 12.6. The number of ether oxygens (including phenoxy) is 2. The predicted octanol–water partition coefficient (Wildman–Crippen LogP) is 1.36. The maximum Gasteiger partial charge on any atom is 0.236 e. The van der Waals surface area contributed by atoms with Crippen molar-refractivity contribution in [1.29, 1.82) is 0 Å². The second kappa shape index (κ2) is 9.39. The van der Waals surface area contributed by atoms with Crippen molar-refractivity contribution < 1.29 is 14.3 Å². The van der Waals surface area contributed by atoms with E-state index in [4.69, 9.17) is 14.5 Å². The zero-order valence-corrected chi connectivity index (χ0v) is 15.9. The van der Waals surface area contributed by atoms with Crippen LogP contribution >= 0.6 is 0 Å². The van der Waals surface area contributed by atoms with Crippen molar-refractivity contribution >= 4 is 5.91 Å². The molecule has 0 N–H and O–H groups in total. The SMILES string of the molecule is CCOCc1cnc(C)nc1C1CCN(C(=O)CN2CCOCC2)CC1. The van der Waals surface area contributed by atoms with Crippen LogP contribution in [0.4, 0.5) is 0 Å². The molecule has 2 fully saturated rings. The third-order valence-electron chi connectivity index (χ3n) is 5.18. The first-order valence-electron chi connectivity index (χ1n) is 9.65. The molecule has 7 heteroatoms. The molecule has 0 bridgehead atoms. The number of aromatic nitrogens is 2. The molecule has 144 valence electrons. The third kappa shape index (κ3) is 4.99. The highest BCUT2D eigenvalue weighted by Gasteiger charge is 2.27. The number of carbonyl (C=O) groups excluding carboxylic acids is 1. The summed E-state index contributed by atoms with van der Waals surface area (Å²) in [5.41, 5.74) is 2.18. The van der Waals surface area contributed by atoms with E-state index in [9.17, 15) is 4.79 Å². The highest BCUT2D eigenvalue weighted by Crippen LogP contribution is 2.29. The zero-order valence-electron chi connectivity index (χ0n) is 15.9. The molecule has 1 aromatic rings. The van der Waals surface area contributed by atoms with Gasteiger partial charge in [0.1, 0.15) is 5.82 Å². The Kier molecular flexibility index (Phi) is 6.93. The van der Waals surface area contributed by atoms with Gasteiger partial charge in [-0.1, -0.05) is 0 Å². The third-order valence-corrected chi connectivity index (χ3v) is 5.18. The quantitative estimate of drug-likeness (QED) is 0.761. The summed E-state index contributed by atoms with van der Waals surface area (Å²) in [4.78, 5) is 25.8. The number of amides is 1. The molecular weight excluding hydrogens is 332 g/mol. The highest BCUT2D eigenvalue weighted by molar-refractivity contribution is 5.78. The van der Waals surface area contributed by atoms with Gasteiger partial charge >= 0.3 is 0 Å². The average molecular weight is 362 g/mol. The maximum atomic E-state index is 12.6. The van der Waals surface area contributed by atoms with Crippen molar-refractivity contribution in [2.45, 2.75) is 39.2 Å². The van der Waals surface area contributed by atoms with Gasteiger partial charge in [0.25, 0.3) is 0 Å². The number of nitrogens with zero attached hydrogens (tertiary/aromatic N) is 4. The number of morpholine rings is 1. The summed E-state index contributed by atoms with van der Waals surface area (Å²) in [6, 6.07) is 0. The van der Waals surface area contributed by atoms with Crippen LogP contribution in [0.25, 0.3) is 0 Å². The van der Waals surface area contributed by atoms with Gasteiger partial charge in [-0.15, -0.1) is 0 Å². The van der Waals surface area contributed by atoms with Crippen molar-refractivity contribution in [3.05, 3.63) is 23.3 Å². The second-order valence-electron chi connectivity index (χ2n) is 7.01. The van der Waals surface area contributed by atoms with Crippen molar-refractivity contribution in [3.8, 4) is 0 Å². The van der Waals surface area contributed by atoms with E-state index in [1.54, 1.807) is 0 Å². The van der Waals surface area contributed by atoms with Gasteiger partial charge < -0.3 is 14.4 Å². The Hall–Kier alpha value is -1.57. The monoisotopic (exact) mass is 362 g/mol. The molecule has 2 saturated heterocycles. The lowest BCUT2D eigenvalue weighted by molar-refractivity contribution is -0.134. The van der Waals surface area contributed by atoms with Crippen LogP contribution in [0.5, 0.6) is 0 Å². The van der Waals surface area contributed by atoms with Gasteiger partial charge in [-0.25, -0.2) is 9.97 Å². The number of likely N-dealkylation sites (tertiary alicyclic amines) is 1. The smallest absolute Gasteiger partial charge is 0.236 e. The van der Waals surface area contributed by atoms with Gasteiger partial charge in [0.05, 0.1) is 32.1 Å². The summed E-state index contributed by atoms with van der Waals surface area (Å²) in [6.07, 6.45) is 3.79. The van der Waals surface area contributed by atoms with Crippen LogP contribution in [0.2, 0.25) is 0 Å². The van der Waals surface area contributed by atoms with Crippen LogP contribution in [-0.4, -0.2) is 78.2 Å². The Morgan fingerprint density at radius 3 is 2.69 bits per heavy atom. The standard InChI is InChI=1S/C19H30N4O3/c1-3-25-14-17-12-20-15(2)21-19(17)16-4-6-23(7-5-16)18(24)13-22-8-10-26-11-9-22/h12,16H,3-11,13-14H2,1-2H3. The molecule has 1 amide bonds. The summed E-state index contributed by atoms with van der Waals surface area (Å²) < 4.78 is 10.9. The minimum atomic E-state index is 0.235. The molecule has 3 rings (SSSR count). The fourth-order valence-corrected chi connectivity index (χ4v) is 3.64. The molecule has 2 aliphatic rings. The summed E-state index contributed by atoms with van der Waals surface area (Å²) in [5, 5.41) is 0. The molecular formula is C19H30N4O3. The molecule has 0 unspecified atom stereocenters. The van der Waals surface area contributed by atoms with Gasteiger partial charge in [-0.3, -0.25) is 9.69 Å². The van der Waals surface area contributed by atoms with Crippen molar-refractivity contribution in [2.75, 3.05) is 52.5 Å². The number of aryl methyl sites for hydroxylation is 1. The Bertz CT molecular complexity index is 596. The van der Waals surface area contributed by atoms with Gasteiger partial charge in [-0.2, -0.15) is 0 Å². The topological polar surface area (TPSA) is 67.8 Å². The lowest BCUT2D eigenvalue weighted by atomic mass is 9.91. The van der Waals surface area contributed by atoms with Crippen LogP contribution in [0.15, 0.2) is 6.20 Å². The Balaban J connectivity index is 1.56. The normalized spacial score (nSPS) is 19.7. The fraction of sp³-hybridized carbons (Fsp3) is 0.737. The molecule has 0 atom stereocenters. The Morgan fingerprint density at radius 1 is 1.27 bits per heavy atom. The van der Waals surface area contributed by atoms with Crippen molar-refractivity contribution in [3.63, 3.8) is 0 Å². The Morgan fingerprint density at radius 2 is 2.00 bits per heavy atom. The molecule has 26 heavy (non-hydrogen) atoms. The molecule has 0 aliphatic carbocycles. The van der Waals surface area contributed by atoms with E-state index in [1.165, 1.54) is 0 Å². The van der Waals surface area contributed by atoms with E-state index >= 15 is 0 Å². The highest BCUT2D eigenvalue weighted by atomic mass is 16.5. The van der Waals surface area contributed by atoms with Gasteiger partial charge in [-0.05, 0) is 26.7 Å². The first-order valence-corrected chi connectivity index (χ1v) is 9.65. The predicted molar refractivity (Wildman–Crippen MR) is 97.9 cm³/mol. The van der Waals surface area contributed by atoms with E-state index in [0.29, 0.717) is 25.7 Å². The number of piperidine rings is 1. The van der Waals surface area contributed by atoms with Crippen LogP contribution in [-0.2, 0) is 20.9 Å². The fourth-order valence-electron chi connectivity index (χ4n) is 3.64. The molecule has 7 nitrogen and oxygen atoms in total. The van der Waals surface area contributed by atoms with E-state index in [0.717, 1.165) is 69.3 Å². The Labute approximate surface area is 155 Å². The lowest BCUT2D eigenvalue weighted by Gasteiger charge is -2.34. The second-order valence-corrected chi connectivity index (χ2v) is 7.01. The van der Waals surface area contributed by atoms with Crippen LogP contribution in [0.1, 0.15) is 42.8 Å². The van der Waals surface area contributed by atoms with E-state index in [1.807, 2.05) is 24.9 Å². The number of hydrogen-bond donors (Lipinski definition) is 0. The van der Waals surface area contributed by atoms with Crippen molar-refractivity contribution in [1.82, 2.24) is 19.8 Å². The number of carbonyl (C=O) groups is 1. The van der Waals surface area contributed by atoms with Crippen LogP contribution in [0, 0.1) is 6.92 Å². The van der Waals surface area contributed by atoms with Gasteiger partial charge in [0.15, 0.2) is 0 Å². The molecule has 0 saturated carbocycles. The molecule has 3 heterocycles. The largest absolute Gasteiger partial charge is 0.379 e. The van der Waals surface area contributed by atoms with Crippen LogP contribution in [0.3, 0.4) is 0 Å². The lowest BCUT2D eigenvalue weighted by Crippen LogP contribution is -2.46. The zero-order chi connectivity index (χ0) is 18.4.